The van der Waals surface area contributed by atoms with Gasteiger partial charge in [-0.15, -0.1) is 0 Å². The molecule has 0 aromatic heterocycles. The number of benzene rings is 3. The Hall–Kier alpha value is -3.48. The summed E-state index contributed by atoms with van der Waals surface area (Å²) in [6, 6.07) is 18.2. The Morgan fingerprint density at radius 3 is 2.52 bits per heavy atom. The zero-order valence-electron chi connectivity index (χ0n) is 17.7. The maximum atomic E-state index is 13.7. The van der Waals surface area contributed by atoms with Gasteiger partial charge in [0.2, 0.25) is 0 Å². The van der Waals surface area contributed by atoms with Crippen molar-refractivity contribution in [3.8, 4) is 0 Å². The number of nitrogens with zero attached hydrogens (tertiary/aromatic N) is 1. The Kier molecular flexibility index (Phi) is 6.87. The second-order valence-electron chi connectivity index (χ2n) is 7.87. The third-order valence-electron chi connectivity index (χ3n) is 5.64. The van der Waals surface area contributed by atoms with Crippen LogP contribution in [0.15, 0.2) is 66.7 Å². The van der Waals surface area contributed by atoms with Crippen LogP contribution in [0.5, 0.6) is 0 Å². The van der Waals surface area contributed by atoms with Gasteiger partial charge in [0.1, 0.15) is 5.82 Å². The fourth-order valence-corrected chi connectivity index (χ4v) is 4.15. The number of amides is 2. The maximum Gasteiger partial charge on any atom is 0.274 e. The molecule has 3 aromatic carbocycles. The lowest BCUT2D eigenvalue weighted by atomic mass is 10.00. The van der Waals surface area contributed by atoms with Crippen molar-refractivity contribution in [2.24, 2.45) is 0 Å². The minimum Gasteiger partial charge on any atom is -0.334 e. The SMILES string of the molecule is O=C(NO)c1ccc2c(c1)CN(C(=O)C(=Cc1ccc(F)cc1)c1cccc(Cl)c1)CCC2. The molecule has 1 aliphatic heterocycles. The summed E-state index contributed by atoms with van der Waals surface area (Å²) in [7, 11) is 0. The van der Waals surface area contributed by atoms with E-state index in [1.807, 2.05) is 12.1 Å². The molecule has 0 saturated heterocycles. The minimum atomic E-state index is -0.601. The largest absolute Gasteiger partial charge is 0.334 e. The molecule has 2 amide bonds. The van der Waals surface area contributed by atoms with Crippen LogP contribution in [0.3, 0.4) is 0 Å². The molecule has 0 unspecified atom stereocenters. The van der Waals surface area contributed by atoms with E-state index in [0.29, 0.717) is 40.4 Å². The van der Waals surface area contributed by atoms with Crippen molar-refractivity contribution in [2.75, 3.05) is 6.54 Å². The summed E-state index contributed by atoms with van der Waals surface area (Å²) in [5.74, 6) is -1.14. The fourth-order valence-electron chi connectivity index (χ4n) is 3.96. The van der Waals surface area contributed by atoms with Crippen molar-refractivity contribution in [1.82, 2.24) is 10.4 Å². The van der Waals surface area contributed by atoms with Gasteiger partial charge in [-0.3, -0.25) is 14.8 Å². The molecular formula is C26H22ClFN2O3. The number of halogens is 2. The van der Waals surface area contributed by atoms with Crippen molar-refractivity contribution in [1.29, 1.82) is 0 Å². The number of hydroxylamine groups is 1. The summed E-state index contributed by atoms with van der Waals surface area (Å²) in [6.45, 7) is 0.860. The van der Waals surface area contributed by atoms with Crippen molar-refractivity contribution in [2.45, 2.75) is 19.4 Å². The molecule has 0 bridgehead atoms. The van der Waals surface area contributed by atoms with Crippen molar-refractivity contribution in [3.05, 3.63) is 105 Å². The van der Waals surface area contributed by atoms with Gasteiger partial charge in [0.15, 0.2) is 0 Å². The van der Waals surface area contributed by atoms with Gasteiger partial charge in [-0.1, -0.05) is 41.9 Å². The lowest BCUT2D eigenvalue weighted by Crippen LogP contribution is -2.31. The number of hydrogen-bond acceptors (Lipinski definition) is 3. The molecular weight excluding hydrogens is 443 g/mol. The van der Waals surface area contributed by atoms with Crippen LogP contribution in [0, 0.1) is 5.82 Å². The van der Waals surface area contributed by atoms with Crippen LogP contribution in [0.25, 0.3) is 11.6 Å². The molecule has 0 aliphatic carbocycles. The molecule has 2 N–H and O–H groups in total. The molecule has 0 spiro atoms. The Morgan fingerprint density at radius 2 is 1.79 bits per heavy atom. The van der Waals surface area contributed by atoms with Crippen LogP contribution >= 0.6 is 11.6 Å². The highest BCUT2D eigenvalue weighted by Crippen LogP contribution is 2.27. The Labute approximate surface area is 196 Å². The first-order valence-electron chi connectivity index (χ1n) is 10.5. The van der Waals surface area contributed by atoms with E-state index in [1.54, 1.807) is 58.9 Å². The summed E-state index contributed by atoms with van der Waals surface area (Å²) in [4.78, 5) is 27.3. The molecule has 1 heterocycles. The van der Waals surface area contributed by atoms with Crippen LogP contribution in [0.2, 0.25) is 5.02 Å². The standard InChI is InChI=1S/C26H22ClFN2O3/c27-22-5-1-3-19(15-22)24(13-17-6-10-23(28)11-7-17)26(32)30-12-2-4-18-8-9-20(25(31)29-33)14-21(18)16-30/h1,3,5-11,13-15,33H,2,4,12,16H2,(H,29,31). The van der Waals surface area contributed by atoms with E-state index >= 15 is 0 Å². The lowest BCUT2D eigenvalue weighted by molar-refractivity contribution is -0.125. The van der Waals surface area contributed by atoms with Gasteiger partial charge >= 0.3 is 0 Å². The second kappa shape index (κ2) is 9.98. The Bertz CT molecular complexity index is 1220. The van der Waals surface area contributed by atoms with Crippen LogP contribution in [0.4, 0.5) is 4.39 Å². The molecule has 1 aliphatic rings. The first-order valence-corrected chi connectivity index (χ1v) is 10.9. The summed E-state index contributed by atoms with van der Waals surface area (Å²) >= 11 is 6.20. The van der Waals surface area contributed by atoms with E-state index in [0.717, 1.165) is 24.0 Å². The highest BCUT2D eigenvalue weighted by atomic mass is 35.5. The van der Waals surface area contributed by atoms with Gasteiger partial charge in [-0.05, 0) is 77.6 Å². The number of aryl methyl sites for hydroxylation is 1. The van der Waals surface area contributed by atoms with E-state index in [-0.39, 0.29) is 11.7 Å². The Balaban J connectivity index is 1.71. The summed E-state index contributed by atoms with van der Waals surface area (Å²) < 4.78 is 13.4. The van der Waals surface area contributed by atoms with Gasteiger partial charge in [-0.2, -0.15) is 0 Å². The highest BCUT2D eigenvalue weighted by molar-refractivity contribution is 6.31. The first-order chi connectivity index (χ1) is 15.9. The number of nitrogens with one attached hydrogen (secondary N) is 1. The predicted molar refractivity (Wildman–Crippen MR) is 125 cm³/mol. The van der Waals surface area contributed by atoms with E-state index in [4.69, 9.17) is 16.8 Å². The molecule has 3 aromatic rings. The molecule has 0 radical (unpaired) electrons. The topological polar surface area (TPSA) is 69.6 Å². The minimum absolute atomic E-state index is 0.188. The molecule has 0 fully saturated rings. The molecule has 5 nitrogen and oxygen atoms in total. The van der Waals surface area contributed by atoms with Gasteiger partial charge < -0.3 is 4.90 Å². The monoisotopic (exact) mass is 464 g/mol. The molecule has 4 rings (SSSR count). The number of carbonyl (C=O) groups is 2. The average Bonchev–Trinajstić information content (AvgIpc) is 3.04. The number of rotatable bonds is 4. The van der Waals surface area contributed by atoms with Gasteiger partial charge in [0.05, 0.1) is 0 Å². The Morgan fingerprint density at radius 1 is 1.00 bits per heavy atom. The summed E-state index contributed by atoms with van der Waals surface area (Å²) in [5, 5.41) is 9.47. The van der Waals surface area contributed by atoms with Crippen molar-refractivity contribution in [3.63, 3.8) is 0 Å². The quantitative estimate of drug-likeness (QED) is 0.244. The van der Waals surface area contributed by atoms with E-state index in [1.165, 1.54) is 12.1 Å². The summed E-state index contributed by atoms with van der Waals surface area (Å²) in [5.41, 5.74) is 5.68. The van der Waals surface area contributed by atoms with Crippen LogP contribution in [-0.2, 0) is 17.8 Å². The zero-order chi connectivity index (χ0) is 23.4. The fraction of sp³-hybridized carbons (Fsp3) is 0.154. The molecule has 0 saturated carbocycles. The first kappa shape index (κ1) is 22.7. The van der Waals surface area contributed by atoms with E-state index < -0.39 is 5.91 Å². The van der Waals surface area contributed by atoms with E-state index in [2.05, 4.69) is 0 Å². The van der Waals surface area contributed by atoms with Crippen molar-refractivity contribution < 1.29 is 19.2 Å². The highest BCUT2D eigenvalue weighted by Gasteiger charge is 2.24. The maximum absolute atomic E-state index is 13.7. The molecule has 33 heavy (non-hydrogen) atoms. The third kappa shape index (κ3) is 5.30. The number of fused-ring (bicyclic) bond motifs is 1. The third-order valence-corrected chi connectivity index (χ3v) is 5.87. The zero-order valence-corrected chi connectivity index (χ0v) is 18.5. The van der Waals surface area contributed by atoms with Gasteiger partial charge in [0.25, 0.3) is 11.8 Å². The van der Waals surface area contributed by atoms with Crippen molar-refractivity contribution >= 4 is 35.1 Å². The molecule has 0 atom stereocenters. The normalized spacial score (nSPS) is 13.8. The molecule has 168 valence electrons. The van der Waals surface area contributed by atoms with E-state index in [9.17, 15) is 14.0 Å². The van der Waals surface area contributed by atoms with Crippen LogP contribution < -0.4 is 5.48 Å². The molecule has 7 heteroatoms. The van der Waals surface area contributed by atoms with Gasteiger partial charge in [0, 0.05) is 29.2 Å². The lowest BCUT2D eigenvalue weighted by Gasteiger charge is -2.23. The summed E-state index contributed by atoms with van der Waals surface area (Å²) in [6.07, 6.45) is 3.27. The smallest absolute Gasteiger partial charge is 0.274 e. The predicted octanol–water partition coefficient (Wildman–Crippen LogP) is 5.11. The number of carbonyl (C=O) groups excluding carboxylic acids is 2. The van der Waals surface area contributed by atoms with Gasteiger partial charge in [-0.25, -0.2) is 9.87 Å². The second-order valence-corrected chi connectivity index (χ2v) is 8.31. The van der Waals surface area contributed by atoms with Crippen LogP contribution in [0.1, 0.15) is 39.0 Å². The number of hydrogen-bond donors (Lipinski definition) is 2. The average molecular weight is 465 g/mol. The van der Waals surface area contributed by atoms with Crippen LogP contribution in [-0.4, -0.2) is 28.5 Å².